The Morgan fingerprint density at radius 2 is 1.37 bits per heavy atom. The van der Waals surface area contributed by atoms with Crippen molar-refractivity contribution in [2.75, 3.05) is 19.6 Å². The van der Waals surface area contributed by atoms with Crippen LogP contribution in [0, 0.1) is 5.92 Å². The van der Waals surface area contributed by atoms with Crippen LogP contribution in [0.1, 0.15) is 62.5 Å². The number of rotatable bonds is 10. The Morgan fingerprint density at radius 3 is 1.96 bits per heavy atom. The number of hydrogen-bond donors (Lipinski definition) is 2. The fourth-order valence-corrected chi connectivity index (χ4v) is 4.46. The summed E-state index contributed by atoms with van der Waals surface area (Å²) in [4.78, 5) is 0. The minimum absolute atomic E-state index is 0.467. The van der Waals surface area contributed by atoms with Crippen LogP contribution in [0.3, 0.4) is 0 Å². The molecule has 0 radical (unpaired) electrons. The lowest BCUT2D eigenvalue weighted by Crippen LogP contribution is -2.38. The standard InChI is InChI=1S/C25H36N2/c1-21(22-11-5-2-6-12-22)27-20-19-26-18-17-25(23-13-7-3-8-14-23)24-15-9-4-10-16-24/h3-4,7-10,13-16,21-22,25-27H,2,5-6,11-12,17-20H2,1H3. The molecule has 146 valence electrons. The minimum Gasteiger partial charge on any atom is -0.315 e. The molecule has 0 aromatic heterocycles. The Morgan fingerprint density at radius 1 is 0.778 bits per heavy atom. The molecule has 1 saturated carbocycles. The molecule has 2 aromatic rings. The monoisotopic (exact) mass is 364 g/mol. The van der Waals surface area contributed by atoms with Crippen LogP contribution in [-0.2, 0) is 0 Å². The first-order valence-corrected chi connectivity index (χ1v) is 10.9. The average Bonchev–Trinajstić information content (AvgIpc) is 2.75. The van der Waals surface area contributed by atoms with E-state index in [0.717, 1.165) is 32.0 Å². The predicted molar refractivity (Wildman–Crippen MR) is 116 cm³/mol. The maximum atomic E-state index is 3.74. The molecule has 1 fully saturated rings. The van der Waals surface area contributed by atoms with Gasteiger partial charge >= 0.3 is 0 Å². The quantitative estimate of drug-likeness (QED) is 0.555. The summed E-state index contributed by atoms with van der Waals surface area (Å²) in [6.45, 7) is 5.54. The van der Waals surface area contributed by atoms with Crippen LogP contribution < -0.4 is 10.6 Å². The number of hydrogen-bond acceptors (Lipinski definition) is 2. The first-order valence-electron chi connectivity index (χ1n) is 10.9. The second-order valence-corrected chi connectivity index (χ2v) is 8.05. The Bertz CT molecular complexity index is 580. The summed E-state index contributed by atoms with van der Waals surface area (Å²) in [7, 11) is 0. The smallest absolute Gasteiger partial charge is 0.0101 e. The van der Waals surface area contributed by atoms with E-state index in [1.165, 1.54) is 43.2 Å². The molecule has 1 unspecified atom stereocenters. The van der Waals surface area contributed by atoms with Crippen molar-refractivity contribution >= 4 is 0 Å². The summed E-state index contributed by atoms with van der Waals surface area (Å²) in [5, 5.41) is 7.39. The van der Waals surface area contributed by atoms with Crippen molar-refractivity contribution < 1.29 is 0 Å². The van der Waals surface area contributed by atoms with Crippen molar-refractivity contribution in [3.05, 3.63) is 71.8 Å². The second-order valence-electron chi connectivity index (χ2n) is 8.05. The van der Waals surface area contributed by atoms with Gasteiger partial charge in [0.05, 0.1) is 0 Å². The molecule has 2 aromatic carbocycles. The van der Waals surface area contributed by atoms with Gasteiger partial charge in [-0.3, -0.25) is 0 Å². The van der Waals surface area contributed by atoms with Gasteiger partial charge in [0.25, 0.3) is 0 Å². The van der Waals surface area contributed by atoms with Crippen molar-refractivity contribution in [2.24, 2.45) is 5.92 Å². The van der Waals surface area contributed by atoms with Gasteiger partial charge < -0.3 is 10.6 Å². The Labute approximate surface area is 165 Å². The van der Waals surface area contributed by atoms with Crippen LogP contribution in [0.15, 0.2) is 60.7 Å². The molecule has 2 N–H and O–H groups in total. The molecular formula is C25H36N2. The highest BCUT2D eigenvalue weighted by Gasteiger charge is 2.19. The van der Waals surface area contributed by atoms with Gasteiger partial charge in [0, 0.05) is 25.0 Å². The van der Waals surface area contributed by atoms with Gasteiger partial charge in [-0.2, -0.15) is 0 Å². The molecule has 2 nitrogen and oxygen atoms in total. The van der Waals surface area contributed by atoms with Crippen molar-refractivity contribution in [1.82, 2.24) is 10.6 Å². The Balaban J connectivity index is 1.40. The molecule has 0 saturated heterocycles. The van der Waals surface area contributed by atoms with Gasteiger partial charge in [-0.05, 0) is 49.8 Å². The molecule has 1 aliphatic carbocycles. The van der Waals surface area contributed by atoms with Crippen LogP contribution in [0.5, 0.6) is 0 Å². The second kappa shape index (κ2) is 11.3. The van der Waals surface area contributed by atoms with E-state index in [2.05, 4.69) is 78.2 Å². The first kappa shape index (κ1) is 20.1. The highest BCUT2D eigenvalue weighted by molar-refractivity contribution is 5.32. The van der Waals surface area contributed by atoms with Crippen molar-refractivity contribution in [3.8, 4) is 0 Å². The summed E-state index contributed by atoms with van der Waals surface area (Å²) >= 11 is 0. The first-order chi connectivity index (χ1) is 13.3. The molecule has 0 aliphatic heterocycles. The molecule has 0 spiro atoms. The Kier molecular flexibility index (Phi) is 8.38. The van der Waals surface area contributed by atoms with Crippen molar-refractivity contribution in [3.63, 3.8) is 0 Å². The summed E-state index contributed by atoms with van der Waals surface area (Å²) in [6, 6.07) is 22.5. The fraction of sp³-hybridized carbons (Fsp3) is 0.520. The van der Waals surface area contributed by atoms with Gasteiger partial charge in [0.15, 0.2) is 0 Å². The third kappa shape index (κ3) is 6.48. The maximum Gasteiger partial charge on any atom is 0.0101 e. The maximum absolute atomic E-state index is 3.74. The zero-order valence-electron chi connectivity index (χ0n) is 16.9. The average molecular weight is 365 g/mol. The van der Waals surface area contributed by atoms with Crippen LogP contribution in [0.4, 0.5) is 0 Å². The van der Waals surface area contributed by atoms with Crippen LogP contribution in [0.2, 0.25) is 0 Å². The summed E-state index contributed by atoms with van der Waals surface area (Å²) in [5.74, 6) is 1.35. The van der Waals surface area contributed by atoms with E-state index in [-0.39, 0.29) is 0 Å². The third-order valence-corrected chi connectivity index (χ3v) is 6.14. The molecule has 0 heterocycles. The lowest BCUT2D eigenvalue weighted by molar-refractivity contribution is 0.282. The van der Waals surface area contributed by atoms with Crippen LogP contribution >= 0.6 is 0 Å². The van der Waals surface area contributed by atoms with Gasteiger partial charge in [0.2, 0.25) is 0 Å². The fourth-order valence-electron chi connectivity index (χ4n) is 4.46. The van der Waals surface area contributed by atoms with E-state index >= 15 is 0 Å². The highest BCUT2D eigenvalue weighted by atomic mass is 15.0. The third-order valence-electron chi connectivity index (χ3n) is 6.14. The predicted octanol–water partition coefficient (Wildman–Crippen LogP) is 5.36. The normalized spacial score (nSPS) is 16.5. The van der Waals surface area contributed by atoms with E-state index < -0.39 is 0 Å². The van der Waals surface area contributed by atoms with Crippen LogP contribution in [0.25, 0.3) is 0 Å². The molecule has 1 aliphatic rings. The molecular weight excluding hydrogens is 328 g/mol. The van der Waals surface area contributed by atoms with Crippen molar-refractivity contribution in [1.29, 1.82) is 0 Å². The minimum atomic E-state index is 0.467. The van der Waals surface area contributed by atoms with E-state index in [0.29, 0.717) is 12.0 Å². The largest absolute Gasteiger partial charge is 0.315 e. The Hall–Kier alpha value is -1.64. The van der Waals surface area contributed by atoms with Crippen LogP contribution in [-0.4, -0.2) is 25.7 Å². The SMILES string of the molecule is CC(NCCNCCC(c1ccccc1)c1ccccc1)C1CCCCC1. The van der Waals surface area contributed by atoms with E-state index in [4.69, 9.17) is 0 Å². The molecule has 0 amide bonds. The van der Waals surface area contributed by atoms with E-state index in [1.54, 1.807) is 0 Å². The van der Waals surface area contributed by atoms with Gasteiger partial charge in [-0.25, -0.2) is 0 Å². The van der Waals surface area contributed by atoms with Gasteiger partial charge in [0.1, 0.15) is 0 Å². The lowest BCUT2D eigenvalue weighted by atomic mass is 9.84. The number of nitrogens with one attached hydrogen (secondary N) is 2. The van der Waals surface area contributed by atoms with E-state index in [1.807, 2.05) is 0 Å². The number of benzene rings is 2. The molecule has 2 heteroatoms. The highest BCUT2D eigenvalue weighted by Crippen LogP contribution is 2.27. The zero-order valence-corrected chi connectivity index (χ0v) is 16.9. The zero-order chi connectivity index (χ0) is 18.7. The summed E-state index contributed by atoms with van der Waals surface area (Å²) < 4.78 is 0. The topological polar surface area (TPSA) is 24.1 Å². The van der Waals surface area contributed by atoms with Gasteiger partial charge in [-0.15, -0.1) is 0 Å². The molecule has 0 bridgehead atoms. The lowest BCUT2D eigenvalue weighted by Gasteiger charge is -2.28. The summed E-state index contributed by atoms with van der Waals surface area (Å²) in [5.41, 5.74) is 2.82. The van der Waals surface area contributed by atoms with E-state index in [9.17, 15) is 0 Å². The molecule has 27 heavy (non-hydrogen) atoms. The molecule has 1 atom stereocenters. The molecule has 3 rings (SSSR count). The van der Waals surface area contributed by atoms with Gasteiger partial charge in [-0.1, -0.05) is 79.9 Å². The summed E-state index contributed by atoms with van der Waals surface area (Å²) in [6.07, 6.45) is 8.25. The van der Waals surface area contributed by atoms with Crippen molar-refractivity contribution in [2.45, 2.75) is 57.4 Å².